The summed E-state index contributed by atoms with van der Waals surface area (Å²) in [7, 11) is -4.29. The van der Waals surface area contributed by atoms with E-state index in [1.54, 1.807) is 18.2 Å². The summed E-state index contributed by atoms with van der Waals surface area (Å²) >= 11 is 0. The quantitative estimate of drug-likeness (QED) is 0.283. The Morgan fingerprint density at radius 1 is 1.02 bits per heavy atom. The van der Waals surface area contributed by atoms with Gasteiger partial charge in [0.2, 0.25) is 17.7 Å². The molecule has 3 fully saturated rings. The van der Waals surface area contributed by atoms with Crippen LogP contribution < -0.4 is 15.4 Å². The Kier molecular flexibility index (Phi) is 11.4. The fourth-order valence-corrected chi connectivity index (χ4v) is 9.24. The van der Waals surface area contributed by atoms with Crippen LogP contribution >= 0.6 is 0 Å². The summed E-state index contributed by atoms with van der Waals surface area (Å²) in [5, 5.41) is 5.70. The number of fused-ring (bicyclic) bond motifs is 1. The number of amides is 5. The van der Waals surface area contributed by atoms with Gasteiger partial charge in [-0.3, -0.25) is 24.1 Å². The number of rotatable bonds is 11. The molecule has 3 N–H and O–H groups in total. The Hall–Kier alpha value is -4.79. The number of hydrogen-bond acceptors (Lipinski definition) is 8. The lowest BCUT2D eigenvalue weighted by Gasteiger charge is -2.35. The zero-order chi connectivity index (χ0) is 39.7. The third-order valence-electron chi connectivity index (χ3n) is 11.1. The average molecular weight is 780 g/mol. The number of carbonyl (C=O) groups excluding carboxylic acids is 5. The van der Waals surface area contributed by atoms with Gasteiger partial charge in [0.25, 0.3) is 15.9 Å². The highest BCUT2D eigenvalue weighted by molar-refractivity contribution is 7.90. The van der Waals surface area contributed by atoms with Gasteiger partial charge in [-0.1, -0.05) is 55.7 Å². The first-order chi connectivity index (χ1) is 26.0. The molecule has 296 valence electrons. The Morgan fingerprint density at radius 2 is 1.73 bits per heavy atom. The van der Waals surface area contributed by atoms with Crippen LogP contribution in [0.15, 0.2) is 66.1 Å². The number of sulfonamides is 1. The van der Waals surface area contributed by atoms with Crippen LogP contribution in [-0.4, -0.2) is 77.7 Å². The molecule has 55 heavy (non-hydrogen) atoms. The number of likely N-dealkylation sites (tertiary alicyclic amines) is 1. The van der Waals surface area contributed by atoms with E-state index >= 15 is 0 Å². The molecule has 6 rings (SSSR count). The molecule has 1 saturated heterocycles. The van der Waals surface area contributed by atoms with Gasteiger partial charge in [0.05, 0.1) is 18.0 Å². The van der Waals surface area contributed by atoms with Crippen LogP contribution in [0.1, 0.15) is 83.3 Å². The van der Waals surface area contributed by atoms with E-state index in [-0.39, 0.29) is 55.6 Å². The maximum Gasteiger partial charge on any atom is 0.410 e. The molecule has 0 bridgehead atoms. The molecule has 5 unspecified atom stereocenters. The second-order valence-electron chi connectivity index (χ2n) is 16.2. The molecular weight excluding hydrogens is 730 g/mol. The first-order valence-corrected chi connectivity index (χ1v) is 20.4. The Bertz CT molecular complexity index is 1950. The minimum absolute atomic E-state index is 0.000769. The fourth-order valence-electron chi connectivity index (χ4n) is 8.19. The van der Waals surface area contributed by atoms with Crippen LogP contribution in [0.5, 0.6) is 0 Å². The molecule has 2 saturated carbocycles. The molecule has 0 aromatic heterocycles. The van der Waals surface area contributed by atoms with E-state index < -0.39 is 74.7 Å². The van der Waals surface area contributed by atoms with E-state index in [1.807, 2.05) is 20.8 Å². The summed E-state index contributed by atoms with van der Waals surface area (Å²) in [5.74, 6) is -4.35. The largest absolute Gasteiger partial charge is 0.444 e. The van der Waals surface area contributed by atoms with Gasteiger partial charge in [-0.15, -0.1) is 6.58 Å². The van der Waals surface area contributed by atoms with Crippen LogP contribution in [0, 0.1) is 23.6 Å². The minimum atomic E-state index is -4.29. The molecule has 2 aromatic rings. The summed E-state index contributed by atoms with van der Waals surface area (Å²) in [6, 6.07) is 10.7. The van der Waals surface area contributed by atoms with Gasteiger partial charge in [-0.25, -0.2) is 22.3 Å². The lowest BCUT2D eigenvalue weighted by atomic mass is 9.77. The number of carbonyl (C=O) groups is 5. The molecular formula is C40H50FN5O8S. The van der Waals surface area contributed by atoms with Crippen LogP contribution in [0.2, 0.25) is 0 Å². The third kappa shape index (κ3) is 8.87. The van der Waals surface area contributed by atoms with Crippen molar-refractivity contribution < 1.29 is 41.5 Å². The molecule has 13 nitrogen and oxygen atoms in total. The smallest absolute Gasteiger partial charge is 0.410 e. The highest BCUT2D eigenvalue weighted by Crippen LogP contribution is 2.45. The standard InChI is InChI=1S/C40H50FN5O8S/c1-5-27-21-40(27,37(50)44-55(52,53)29-16-10-7-11-17-29)43-35(48)33-19-28(54-38(51)45-22-26-15-12-18-32(41)31(26)24-45)23-46(33)36(49)30(25-13-8-6-9-14-25)20-34(47)42-39(2,3)4/h5,7,10-12,15-18,25,27-28,30,33H,1,6,8-9,13-14,19-24H2,2-4H3,(H,42,47)(H,43,48)(H,44,50). The van der Waals surface area contributed by atoms with Crippen molar-refractivity contribution >= 4 is 39.7 Å². The predicted octanol–water partition coefficient (Wildman–Crippen LogP) is 4.31. The van der Waals surface area contributed by atoms with Crippen molar-refractivity contribution in [2.45, 2.75) is 113 Å². The summed E-state index contributed by atoms with van der Waals surface area (Å²) in [4.78, 5) is 72.1. The first-order valence-electron chi connectivity index (χ1n) is 18.9. The zero-order valence-electron chi connectivity index (χ0n) is 31.5. The SMILES string of the molecule is C=CC1CC1(NC(=O)C1CC(OC(=O)N2Cc3cccc(F)c3C2)CN1C(=O)C(CC(=O)NC(C)(C)C)C1CCCCC1)C(=O)NS(=O)(=O)c1ccccc1. The molecule has 5 amide bonds. The van der Waals surface area contributed by atoms with Crippen LogP contribution in [0.3, 0.4) is 0 Å². The minimum Gasteiger partial charge on any atom is -0.444 e. The monoisotopic (exact) mass is 779 g/mol. The van der Waals surface area contributed by atoms with E-state index in [1.165, 1.54) is 46.2 Å². The van der Waals surface area contributed by atoms with E-state index in [9.17, 15) is 36.8 Å². The number of hydrogen-bond donors (Lipinski definition) is 3. The van der Waals surface area contributed by atoms with Gasteiger partial charge < -0.3 is 20.3 Å². The molecule has 0 spiro atoms. The lowest BCUT2D eigenvalue weighted by molar-refractivity contribution is -0.146. The third-order valence-corrected chi connectivity index (χ3v) is 12.4. The molecule has 2 aromatic carbocycles. The molecule has 0 radical (unpaired) electrons. The summed E-state index contributed by atoms with van der Waals surface area (Å²) in [6.07, 6.45) is 3.88. The molecule has 2 heterocycles. The van der Waals surface area contributed by atoms with Gasteiger partial charge in [0.15, 0.2) is 0 Å². The van der Waals surface area contributed by atoms with E-state index in [0.29, 0.717) is 11.1 Å². The van der Waals surface area contributed by atoms with Crippen molar-refractivity contribution in [1.82, 2.24) is 25.2 Å². The van der Waals surface area contributed by atoms with Crippen LogP contribution in [0.25, 0.3) is 0 Å². The van der Waals surface area contributed by atoms with E-state index in [0.717, 1.165) is 32.1 Å². The van der Waals surface area contributed by atoms with Gasteiger partial charge in [0, 0.05) is 42.3 Å². The fraction of sp³-hybridized carbons (Fsp3) is 0.525. The number of benzene rings is 2. The molecule has 5 atom stereocenters. The highest BCUT2D eigenvalue weighted by atomic mass is 32.2. The Labute approximate surface area is 321 Å². The number of halogens is 1. The molecule has 4 aliphatic rings. The van der Waals surface area contributed by atoms with Gasteiger partial charge in [-0.2, -0.15) is 0 Å². The Morgan fingerprint density at radius 3 is 2.36 bits per heavy atom. The van der Waals surface area contributed by atoms with Crippen molar-refractivity contribution in [3.05, 3.63) is 78.1 Å². The summed E-state index contributed by atoms with van der Waals surface area (Å²) in [5.41, 5.74) is -1.16. The number of nitrogens with one attached hydrogen (secondary N) is 3. The lowest BCUT2D eigenvalue weighted by Crippen LogP contribution is -2.57. The summed E-state index contributed by atoms with van der Waals surface area (Å²) in [6.45, 7) is 9.28. The second kappa shape index (κ2) is 15.8. The van der Waals surface area contributed by atoms with E-state index in [4.69, 9.17) is 4.74 Å². The van der Waals surface area contributed by atoms with Gasteiger partial charge >= 0.3 is 6.09 Å². The van der Waals surface area contributed by atoms with Crippen molar-refractivity contribution in [2.24, 2.45) is 17.8 Å². The number of nitrogens with zero attached hydrogens (tertiary/aromatic N) is 2. The highest BCUT2D eigenvalue weighted by Gasteiger charge is 2.61. The Balaban J connectivity index is 1.25. The predicted molar refractivity (Wildman–Crippen MR) is 200 cm³/mol. The van der Waals surface area contributed by atoms with Gasteiger partial charge in [0.1, 0.15) is 23.5 Å². The first kappa shape index (κ1) is 39.9. The number of ether oxygens (including phenoxy) is 1. The topological polar surface area (TPSA) is 171 Å². The maximum atomic E-state index is 14.7. The summed E-state index contributed by atoms with van der Waals surface area (Å²) < 4.78 is 48.7. The average Bonchev–Trinajstić information content (AvgIpc) is 3.43. The molecule has 2 aliphatic carbocycles. The van der Waals surface area contributed by atoms with Gasteiger partial charge in [-0.05, 0) is 69.7 Å². The maximum absolute atomic E-state index is 14.7. The second-order valence-corrected chi connectivity index (χ2v) is 17.9. The zero-order valence-corrected chi connectivity index (χ0v) is 32.3. The van der Waals surface area contributed by atoms with Crippen molar-refractivity contribution in [3.8, 4) is 0 Å². The van der Waals surface area contributed by atoms with Crippen molar-refractivity contribution in [2.75, 3.05) is 6.54 Å². The van der Waals surface area contributed by atoms with Crippen molar-refractivity contribution in [3.63, 3.8) is 0 Å². The molecule has 15 heteroatoms. The molecule has 2 aliphatic heterocycles. The normalized spacial score (nSPS) is 24.3. The van der Waals surface area contributed by atoms with Crippen LogP contribution in [0.4, 0.5) is 9.18 Å². The van der Waals surface area contributed by atoms with Crippen molar-refractivity contribution in [1.29, 1.82) is 0 Å². The van der Waals surface area contributed by atoms with E-state index in [2.05, 4.69) is 21.9 Å². The van der Waals surface area contributed by atoms with Crippen LogP contribution in [-0.2, 0) is 47.0 Å².